The molecule has 0 saturated carbocycles. The van der Waals surface area contributed by atoms with Crippen LogP contribution in [0.25, 0.3) is 0 Å². The Kier molecular flexibility index (Phi) is 5.77. The lowest BCUT2D eigenvalue weighted by Crippen LogP contribution is -2.26. The lowest BCUT2D eigenvalue weighted by Gasteiger charge is -2.17. The van der Waals surface area contributed by atoms with E-state index < -0.39 is 0 Å². The molecule has 3 aromatic rings. The number of benzene rings is 2. The zero-order valence-corrected chi connectivity index (χ0v) is 15.2. The molecule has 1 amide bonds. The van der Waals surface area contributed by atoms with Gasteiger partial charge in [-0.05, 0) is 42.0 Å². The second-order valence-electron chi connectivity index (χ2n) is 5.83. The number of rotatable bonds is 6. The normalized spacial score (nSPS) is 10.3. The molecule has 0 aliphatic carbocycles. The standard InChI is InChI=1S/C21H18N2O2S/c1-23(14-18-5-4-12-25-18)21(24)19-6-2-3-7-20(19)26-15-17-10-8-16(13-22)9-11-17/h2-12H,14-15H2,1H3. The SMILES string of the molecule is CN(Cc1ccco1)C(=O)c1ccccc1SCc1ccc(C#N)cc1. The van der Waals surface area contributed by atoms with Gasteiger partial charge in [0.2, 0.25) is 0 Å². The zero-order valence-electron chi connectivity index (χ0n) is 14.4. The summed E-state index contributed by atoms with van der Waals surface area (Å²) in [7, 11) is 1.77. The van der Waals surface area contributed by atoms with E-state index in [1.807, 2.05) is 60.7 Å². The van der Waals surface area contributed by atoms with E-state index in [0.717, 1.165) is 22.0 Å². The maximum atomic E-state index is 12.8. The van der Waals surface area contributed by atoms with Crippen LogP contribution in [-0.4, -0.2) is 17.9 Å². The summed E-state index contributed by atoms with van der Waals surface area (Å²) in [5.41, 5.74) is 2.44. The second-order valence-corrected chi connectivity index (χ2v) is 6.85. The minimum absolute atomic E-state index is 0.0377. The number of carbonyl (C=O) groups excluding carboxylic acids is 1. The third kappa shape index (κ3) is 4.35. The smallest absolute Gasteiger partial charge is 0.255 e. The molecule has 3 rings (SSSR count). The maximum Gasteiger partial charge on any atom is 0.255 e. The predicted octanol–water partition coefficient (Wildman–Crippen LogP) is 4.72. The van der Waals surface area contributed by atoms with Crippen molar-refractivity contribution in [3.05, 3.63) is 89.4 Å². The predicted molar refractivity (Wildman–Crippen MR) is 102 cm³/mol. The van der Waals surface area contributed by atoms with Crippen LogP contribution in [0.1, 0.15) is 27.2 Å². The molecule has 0 unspecified atom stereocenters. The van der Waals surface area contributed by atoms with Gasteiger partial charge in [0.1, 0.15) is 5.76 Å². The van der Waals surface area contributed by atoms with Crippen LogP contribution in [-0.2, 0) is 12.3 Å². The molecule has 1 aromatic heterocycles. The first-order chi connectivity index (χ1) is 12.7. The number of carbonyl (C=O) groups is 1. The Labute approximate surface area is 157 Å². The monoisotopic (exact) mass is 362 g/mol. The Balaban J connectivity index is 1.70. The molecule has 0 atom stereocenters. The van der Waals surface area contributed by atoms with E-state index in [4.69, 9.17) is 9.68 Å². The van der Waals surface area contributed by atoms with E-state index in [1.54, 1.807) is 30.0 Å². The molecule has 130 valence electrons. The number of nitriles is 1. The van der Waals surface area contributed by atoms with Crippen molar-refractivity contribution in [3.8, 4) is 6.07 Å². The lowest BCUT2D eigenvalue weighted by atomic mass is 10.2. The van der Waals surface area contributed by atoms with Crippen molar-refractivity contribution in [2.45, 2.75) is 17.2 Å². The Morgan fingerprint density at radius 3 is 2.58 bits per heavy atom. The summed E-state index contributed by atoms with van der Waals surface area (Å²) in [6, 6.07) is 20.9. The fourth-order valence-electron chi connectivity index (χ4n) is 2.52. The highest BCUT2D eigenvalue weighted by atomic mass is 32.2. The van der Waals surface area contributed by atoms with Crippen LogP contribution in [0.15, 0.2) is 76.2 Å². The largest absolute Gasteiger partial charge is 0.467 e. The minimum atomic E-state index is -0.0377. The molecule has 0 aliphatic heterocycles. The molecular formula is C21H18N2O2S. The Bertz CT molecular complexity index is 912. The average Bonchev–Trinajstić information content (AvgIpc) is 3.19. The van der Waals surface area contributed by atoms with Crippen molar-refractivity contribution in [1.82, 2.24) is 4.90 Å². The highest BCUT2D eigenvalue weighted by molar-refractivity contribution is 7.98. The fourth-order valence-corrected chi connectivity index (χ4v) is 3.52. The molecule has 0 N–H and O–H groups in total. The van der Waals surface area contributed by atoms with Gasteiger partial charge in [0.05, 0.1) is 30.0 Å². The highest BCUT2D eigenvalue weighted by Gasteiger charge is 2.17. The lowest BCUT2D eigenvalue weighted by molar-refractivity contribution is 0.0772. The third-order valence-electron chi connectivity index (χ3n) is 3.91. The van der Waals surface area contributed by atoms with Gasteiger partial charge in [-0.3, -0.25) is 4.79 Å². The topological polar surface area (TPSA) is 57.2 Å². The van der Waals surface area contributed by atoms with Gasteiger partial charge in [-0.25, -0.2) is 0 Å². The molecule has 2 aromatic carbocycles. The van der Waals surface area contributed by atoms with Gasteiger partial charge in [0.15, 0.2) is 0 Å². The van der Waals surface area contributed by atoms with Gasteiger partial charge in [0, 0.05) is 17.7 Å². The molecule has 0 saturated heterocycles. The number of thioether (sulfide) groups is 1. The van der Waals surface area contributed by atoms with E-state index in [0.29, 0.717) is 17.7 Å². The van der Waals surface area contributed by atoms with Gasteiger partial charge in [-0.2, -0.15) is 5.26 Å². The number of amides is 1. The third-order valence-corrected chi connectivity index (χ3v) is 5.06. The highest BCUT2D eigenvalue weighted by Crippen LogP contribution is 2.27. The molecule has 0 spiro atoms. The van der Waals surface area contributed by atoms with Crippen molar-refractivity contribution in [2.24, 2.45) is 0 Å². The Hall–Kier alpha value is -2.97. The van der Waals surface area contributed by atoms with Crippen LogP contribution in [0, 0.1) is 11.3 Å². The summed E-state index contributed by atoms with van der Waals surface area (Å²) in [5.74, 6) is 1.45. The first-order valence-electron chi connectivity index (χ1n) is 8.16. The molecule has 0 fully saturated rings. The van der Waals surface area contributed by atoms with E-state index in [-0.39, 0.29) is 5.91 Å². The first kappa shape index (κ1) is 17.8. The Morgan fingerprint density at radius 1 is 1.12 bits per heavy atom. The first-order valence-corrected chi connectivity index (χ1v) is 9.14. The summed E-state index contributed by atoms with van der Waals surface area (Å²) in [6.45, 7) is 0.431. The van der Waals surface area contributed by atoms with E-state index in [2.05, 4.69) is 6.07 Å². The van der Waals surface area contributed by atoms with Crippen LogP contribution in [0.4, 0.5) is 0 Å². The summed E-state index contributed by atoms with van der Waals surface area (Å²) < 4.78 is 5.32. The molecular weight excluding hydrogens is 344 g/mol. The zero-order chi connectivity index (χ0) is 18.4. The van der Waals surface area contributed by atoms with Crippen molar-refractivity contribution in [1.29, 1.82) is 5.26 Å². The van der Waals surface area contributed by atoms with E-state index in [9.17, 15) is 4.79 Å². The number of furan rings is 1. The minimum Gasteiger partial charge on any atom is -0.467 e. The van der Waals surface area contributed by atoms with Gasteiger partial charge in [0.25, 0.3) is 5.91 Å². The summed E-state index contributed by atoms with van der Waals surface area (Å²) >= 11 is 1.61. The fraction of sp³-hybridized carbons (Fsp3) is 0.143. The molecule has 0 radical (unpaired) electrons. The van der Waals surface area contributed by atoms with E-state index >= 15 is 0 Å². The van der Waals surface area contributed by atoms with Crippen LogP contribution < -0.4 is 0 Å². The molecule has 0 bridgehead atoms. The van der Waals surface area contributed by atoms with Gasteiger partial charge in [-0.1, -0.05) is 24.3 Å². The Morgan fingerprint density at radius 2 is 1.88 bits per heavy atom. The van der Waals surface area contributed by atoms with Gasteiger partial charge in [-0.15, -0.1) is 11.8 Å². The summed E-state index contributed by atoms with van der Waals surface area (Å²) in [6.07, 6.45) is 1.61. The molecule has 26 heavy (non-hydrogen) atoms. The number of nitrogens with zero attached hydrogens (tertiary/aromatic N) is 2. The molecule has 0 aliphatic rings. The average molecular weight is 362 g/mol. The molecule has 1 heterocycles. The van der Waals surface area contributed by atoms with Crippen LogP contribution in [0.3, 0.4) is 0 Å². The van der Waals surface area contributed by atoms with Gasteiger partial charge < -0.3 is 9.32 Å². The van der Waals surface area contributed by atoms with Crippen molar-refractivity contribution < 1.29 is 9.21 Å². The van der Waals surface area contributed by atoms with Crippen LogP contribution in [0.5, 0.6) is 0 Å². The molecule has 4 nitrogen and oxygen atoms in total. The number of hydrogen-bond acceptors (Lipinski definition) is 4. The van der Waals surface area contributed by atoms with Crippen LogP contribution >= 0.6 is 11.8 Å². The van der Waals surface area contributed by atoms with Gasteiger partial charge >= 0.3 is 0 Å². The van der Waals surface area contributed by atoms with Crippen molar-refractivity contribution in [2.75, 3.05) is 7.05 Å². The second kappa shape index (κ2) is 8.41. The summed E-state index contributed by atoms with van der Waals surface area (Å²) in [4.78, 5) is 15.4. The van der Waals surface area contributed by atoms with Crippen molar-refractivity contribution >= 4 is 17.7 Å². The number of hydrogen-bond donors (Lipinski definition) is 0. The van der Waals surface area contributed by atoms with Crippen LogP contribution in [0.2, 0.25) is 0 Å². The van der Waals surface area contributed by atoms with E-state index in [1.165, 1.54) is 0 Å². The molecule has 5 heteroatoms. The van der Waals surface area contributed by atoms with Crippen molar-refractivity contribution in [3.63, 3.8) is 0 Å². The quantitative estimate of drug-likeness (QED) is 0.596. The summed E-state index contributed by atoms with van der Waals surface area (Å²) in [5, 5.41) is 8.87. The maximum absolute atomic E-state index is 12.8.